The van der Waals surface area contributed by atoms with Gasteiger partial charge in [0.1, 0.15) is 10.5 Å². The minimum absolute atomic E-state index is 0.609. The molecule has 0 spiro atoms. The molecule has 2 nitrogen and oxygen atoms in total. The summed E-state index contributed by atoms with van der Waals surface area (Å²) >= 11 is 5.28. The van der Waals surface area contributed by atoms with E-state index >= 15 is 0 Å². The van der Waals surface area contributed by atoms with Crippen LogP contribution in [0.2, 0.25) is 0 Å². The molecule has 0 atom stereocenters. The van der Waals surface area contributed by atoms with E-state index in [0.717, 1.165) is 16.9 Å². The summed E-state index contributed by atoms with van der Waals surface area (Å²) in [6.45, 7) is 4.47. The zero-order valence-corrected chi connectivity index (χ0v) is 11.6. The van der Waals surface area contributed by atoms with Crippen molar-refractivity contribution in [2.75, 3.05) is 0 Å². The SMILES string of the molecule is CC(C)Cc1cc(=S)nc(C2CCCCC2)[nH]1. The molecule has 1 heterocycles. The molecule has 1 aliphatic rings. The molecule has 0 unspecified atom stereocenters. The molecule has 1 saturated carbocycles. The van der Waals surface area contributed by atoms with E-state index in [9.17, 15) is 0 Å². The average molecular weight is 250 g/mol. The van der Waals surface area contributed by atoms with Crippen molar-refractivity contribution >= 4 is 12.2 Å². The Balaban J connectivity index is 2.21. The van der Waals surface area contributed by atoms with E-state index in [1.54, 1.807) is 0 Å². The van der Waals surface area contributed by atoms with Crippen molar-refractivity contribution in [2.45, 2.75) is 58.3 Å². The zero-order chi connectivity index (χ0) is 12.3. The minimum Gasteiger partial charge on any atom is -0.347 e. The summed E-state index contributed by atoms with van der Waals surface area (Å²) in [6, 6.07) is 2.02. The van der Waals surface area contributed by atoms with Gasteiger partial charge in [0.05, 0.1) is 0 Å². The second kappa shape index (κ2) is 5.76. The Hall–Kier alpha value is -0.700. The van der Waals surface area contributed by atoms with Crippen LogP contribution in [0.1, 0.15) is 63.4 Å². The molecule has 1 fully saturated rings. The van der Waals surface area contributed by atoms with Crippen LogP contribution in [0.5, 0.6) is 0 Å². The maximum atomic E-state index is 5.28. The largest absolute Gasteiger partial charge is 0.347 e. The highest BCUT2D eigenvalue weighted by atomic mass is 32.1. The van der Waals surface area contributed by atoms with Crippen molar-refractivity contribution in [1.29, 1.82) is 0 Å². The number of hydrogen-bond acceptors (Lipinski definition) is 2. The second-order valence-electron chi connectivity index (χ2n) is 5.56. The monoisotopic (exact) mass is 250 g/mol. The predicted molar refractivity (Wildman–Crippen MR) is 73.8 cm³/mol. The lowest BCUT2D eigenvalue weighted by Gasteiger charge is -2.21. The Morgan fingerprint density at radius 1 is 1.35 bits per heavy atom. The highest BCUT2D eigenvalue weighted by Crippen LogP contribution is 2.30. The minimum atomic E-state index is 0.609. The summed E-state index contributed by atoms with van der Waals surface area (Å²) in [5, 5.41) is 0. The van der Waals surface area contributed by atoms with E-state index in [-0.39, 0.29) is 0 Å². The van der Waals surface area contributed by atoms with Crippen molar-refractivity contribution in [2.24, 2.45) is 5.92 Å². The second-order valence-corrected chi connectivity index (χ2v) is 5.98. The van der Waals surface area contributed by atoms with Crippen molar-refractivity contribution in [3.63, 3.8) is 0 Å². The molecule has 0 saturated heterocycles. The molecular formula is C14H22N2S. The third kappa shape index (κ3) is 3.63. The topological polar surface area (TPSA) is 28.7 Å². The number of H-pyrrole nitrogens is 1. The van der Waals surface area contributed by atoms with Gasteiger partial charge in [-0.15, -0.1) is 0 Å². The molecule has 1 aliphatic carbocycles. The molecule has 1 N–H and O–H groups in total. The summed E-state index contributed by atoms with van der Waals surface area (Å²) in [5.41, 5.74) is 1.25. The van der Waals surface area contributed by atoms with Crippen LogP contribution in [0.15, 0.2) is 6.07 Å². The molecule has 1 aromatic rings. The number of hydrogen-bond donors (Lipinski definition) is 1. The van der Waals surface area contributed by atoms with Gasteiger partial charge in [0, 0.05) is 11.6 Å². The Morgan fingerprint density at radius 3 is 2.71 bits per heavy atom. The smallest absolute Gasteiger partial charge is 0.129 e. The van der Waals surface area contributed by atoms with Crippen molar-refractivity contribution in [1.82, 2.24) is 9.97 Å². The summed E-state index contributed by atoms with van der Waals surface area (Å²) in [5.74, 6) is 2.40. The molecule has 0 aliphatic heterocycles. The fourth-order valence-corrected chi connectivity index (χ4v) is 2.89. The lowest BCUT2D eigenvalue weighted by atomic mass is 9.88. The Morgan fingerprint density at radius 2 is 2.06 bits per heavy atom. The summed E-state index contributed by atoms with van der Waals surface area (Å²) in [7, 11) is 0. The van der Waals surface area contributed by atoms with Gasteiger partial charge in [0.25, 0.3) is 0 Å². The van der Waals surface area contributed by atoms with Crippen LogP contribution in [0, 0.1) is 10.6 Å². The summed E-state index contributed by atoms with van der Waals surface area (Å²) < 4.78 is 0.750. The van der Waals surface area contributed by atoms with Crippen LogP contribution in [0.25, 0.3) is 0 Å². The van der Waals surface area contributed by atoms with Gasteiger partial charge in [-0.25, -0.2) is 4.98 Å². The van der Waals surface area contributed by atoms with Crippen molar-refractivity contribution in [3.8, 4) is 0 Å². The first kappa shape index (κ1) is 12.7. The number of aromatic amines is 1. The summed E-state index contributed by atoms with van der Waals surface area (Å²) in [6.07, 6.45) is 7.64. The van der Waals surface area contributed by atoms with E-state index in [1.807, 2.05) is 6.07 Å². The third-order valence-electron chi connectivity index (χ3n) is 3.44. The molecule has 0 amide bonds. The van der Waals surface area contributed by atoms with Crippen LogP contribution in [-0.2, 0) is 6.42 Å². The van der Waals surface area contributed by atoms with Gasteiger partial charge in [-0.05, 0) is 31.2 Å². The van der Waals surface area contributed by atoms with E-state index in [2.05, 4.69) is 23.8 Å². The van der Waals surface area contributed by atoms with E-state index in [1.165, 1.54) is 37.8 Å². The van der Waals surface area contributed by atoms with Gasteiger partial charge in [0.15, 0.2) is 0 Å². The Labute approximate surface area is 109 Å². The molecule has 17 heavy (non-hydrogen) atoms. The van der Waals surface area contributed by atoms with E-state index in [0.29, 0.717) is 11.8 Å². The van der Waals surface area contributed by atoms with Gasteiger partial charge in [0.2, 0.25) is 0 Å². The highest BCUT2D eigenvalue weighted by Gasteiger charge is 2.17. The molecular weight excluding hydrogens is 228 g/mol. The molecule has 1 aromatic heterocycles. The number of nitrogens with zero attached hydrogens (tertiary/aromatic N) is 1. The van der Waals surface area contributed by atoms with Gasteiger partial charge >= 0.3 is 0 Å². The normalized spacial score (nSPS) is 17.6. The molecule has 94 valence electrons. The van der Waals surface area contributed by atoms with E-state index in [4.69, 9.17) is 12.2 Å². The van der Waals surface area contributed by atoms with Gasteiger partial charge in [-0.3, -0.25) is 0 Å². The van der Waals surface area contributed by atoms with Crippen LogP contribution in [0.4, 0.5) is 0 Å². The molecule has 2 rings (SSSR count). The van der Waals surface area contributed by atoms with E-state index < -0.39 is 0 Å². The van der Waals surface area contributed by atoms with Crippen LogP contribution >= 0.6 is 12.2 Å². The first-order valence-corrected chi connectivity index (χ1v) is 7.16. The Kier molecular flexibility index (Phi) is 4.32. The predicted octanol–water partition coefficient (Wildman–Crippen LogP) is 4.39. The fourth-order valence-electron chi connectivity index (χ4n) is 2.65. The maximum absolute atomic E-state index is 5.28. The van der Waals surface area contributed by atoms with Crippen LogP contribution in [0.3, 0.4) is 0 Å². The number of rotatable bonds is 3. The lowest BCUT2D eigenvalue weighted by Crippen LogP contribution is -2.11. The molecule has 0 radical (unpaired) electrons. The van der Waals surface area contributed by atoms with Crippen LogP contribution < -0.4 is 0 Å². The average Bonchev–Trinajstić information content (AvgIpc) is 2.28. The molecule has 3 heteroatoms. The first-order chi connectivity index (χ1) is 8.15. The van der Waals surface area contributed by atoms with Crippen LogP contribution in [-0.4, -0.2) is 9.97 Å². The maximum Gasteiger partial charge on any atom is 0.129 e. The van der Waals surface area contributed by atoms with Crippen molar-refractivity contribution < 1.29 is 0 Å². The number of nitrogens with one attached hydrogen (secondary N) is 1. The lowest BCUT2D eigenvalue weighted by molar-refractivity contribution is 0.426. The summed E-state index contributed by atoms with van der Waals surface area (Å²) in [4.78, 5) is 8.03. The Bertz CT molecular complexity index is 416. The number of aromatic nitrogens is 2. The first-order valence-electron chi connectivity index (χ1n) is 6.75. The zero-order valence-electron chi connectivity index (χ0n) is 10.8. The van der Waals surface area contributed by atoms with Gasteiger partial charge in [-0.2, -0.15) is 0 Å². The molecule has 0 aromatic carbocycles. The fraction of sp³-hybridized carbons (Fsp3) is 0.714. The van der Waals surface area contributed by atoms with Crippen molar-refractivity contribution in [3.05, 3.63) is 22.2 Å². The third-order valence-corrected chi connectivity index (χ3v) is 3.65. The quantitative estimate of drug-likeness (QED) is 0.806. The van der Waals surface area contributed by atoms with Gasteiger partial charge < -0.3 is 4.98 Å². The molecule has 0 bridgehead atoms. The van der Waals surface area contributed by atoms with Gasteiger partial charge in [-0.1, -0.05) is 45.3 Å². The standard InChI is InChI=1S/C14H22N2S/c1-10(2)8-12-9-13(17)16-14(15-12)11-6-4-3-5-7-11/h9-11H,3-8H2,1-2H3,(H,15,16,17). The highest BCUT2D eigenvalue weighted by molar-refractivity contribution is 7.71.